The van der Waals surface area contributed by atoms with E-state index in [4.69, 9.17) is 21.1 Å². The first kappa shape index (κ1) is 29.6. The Morgan fingerprint density at radius 3 is 2.56 bits per heavy atom. The second kappa shape index (κ2) is 10.7. The predicted molar refractivity (Wildman–Crippen MR) is 150 cm³/mol. The van der Waals surface area contributed by atoms with Gasteiger partial charge in [0.15, 0.2) is 16.8 Å². The molecule has 0 aliphatic carbocycles. The van der Waals surface area contributed by atoms with Gasteiger partial charge in [0.25, 0.3) is 0 Å². The van der Waals surface area contributed by atoms with E-state index >= 15 is 0 Å². The highest BCUT2D eigenvalue weighted by Gasteiger charge is 2.47. The lowest BCUT2D eigenvalue weighted by Crippen LogP contribution is -2.44. The number of nitrogens with zero attached hydrogens (tertiary/aromatic N) is 5. The molecule has 1 saturated heterocycles. The first-order valence-corrected chi connectivity index (χ1v) is 15.5. The summed E-state index contributed by atoms with van der Waals surface area (Å²) in [6.07, 6.45) is -2.02. The fraction of sp³-hybridized carbons (Fsp3) is 0.519. The maximum atomic E-state index is 14.3. The van der Waals surface area contributed by atoms with E-state index in [-0.39, 0.29) is 29.9 Å². The Bertz CT molecular complexity index is 1550. The van der Waals surface area contributed by atoms with E-state index in [1.54, 1.807) is 36.0 Å². The molecular formula is C27H32ClF3N6O3S. The average Bonchev–Trinajstić information content (AvgIpc) is 3.28. The first-order valence-electron chi connectivity index (χ1n) is 13.2. The van der Waals surface area contributed by atoms with Crippen molar-refractivity contribution >= 4 is 44.3 Å². The number of rotatable bonds is 6. The molecule has 1 fully saturated rings. The van der Waals surface area contributed by atoms with Crippen LogP contribution in [-0.4, -0.2) is 74.6 Å². The molecule has 2 atom stereocenters. The third kappa shape index (κ3) is 5.63. The molecule has 0 spiro atoms. The summed E-state index contributed by atoms with van der Waals surface area (Å²) in [5.74, 6) is -1.29. The van der Waals surface area contributed by atoms with Gasteiger partial charge < -0.3 is 14.5 Å². The number of nitrogens with one attached hydrogen (secondary N) is 1. The van der Waals surface area contributed by atoms with Gasteiger partial charge in [0.1, 0.15) is 0 Å². The summed E-state index contributed by atoms with van der Waals surface area (Å²) in [4.78, 5) is 20.3. The number of halogens is 4. The lowest BCUT2D eigenvalue weighted by Gasteiger charge is -2.41. The van der Waals surface area contributed by atoms with Gasteiger partial charge in [0.05, 0.1) is 24.2 Å². The molecule has 3 aromatic rings. The lowest BCUT2D eigenvalue weighted by molar-refractivity contribution is -0.190. The zero-order chi connectivity index (χ0) is 29.7. The Hall–Kier alpha value is -2.90. The summed E-state index contributed by atoms with van der Waals surface area (Å²) >= 11 is 6.18. The number of carbonyl (C=O) groups excluding carboxylic acids is 1. The van der Waals surface area contributed by atoms with Gasteiger partial charge in [-0.2, -0.15) is 18.3 Å². The highest BCUT2D eigenvalue weighted by molar-refractivity contribution is 7.92. The Kier molecular flexibility index (Phi) is 7.75. The van der Waals surface area contributed by atoms with Crippen LogP contribution in [0.2, 0.25) is 5.15 Å². The molecule has 41 heavy (non-hydrogen) atoms. The number of anilines is 2. The van der Waals surface area contributed by atoms with E-state index in [9.17, 15) is 22.2 Å². The molecule has 2 aliphatic rings. The molecule has 14 heteroatoms. The molecule has 5 rings (SSSR count). The van der Waals surface area contributed by atoms with Crippen LogP contribution in [0, 0.1) is 10.7 Å². The number of carbonyl (C=O) groups is 1. The molecule has 222 valence electrons. The van der Waals surface area contributed by atoms with Crippen LogP contribution >= 0.6 is 11.6 Å². The van der Waals surface area contributed by atoms with Gasteiger partial charge in [0.2, 0.25) is 5.91 Å². The van der Waals surface area contributed by atoms with Gasteiger partial charge >= 0.3 is 6.18 Å². The van der Waals surface area contributed by atoms with Gasteiger partial charge in [0, 0.05) is 65.0 Å². The van der Waals surface area contributed by atoms with E-state index in [2.05, 4.69) is 17.0 Å². The predicted octanol–water partition coefficient (Wildman–Crippen LogP) is 5.35. The minimum atomic E-state index is -4.71. The van der Waals surface area contributed by atoms with Crippen LogP contribution in [0.3, 0.4) is 0 Å². The second-order valence-corrected chi connectivity index (χ2v) is 13.9. The van der Waals surface area contributed by atoms with Crippen molar-refractivity contribution in [3.05, 3.63) is 52.9 Å². The van der Waals surface area contributed by atoms with Crippen molar-refractivity contribution in [2.45, 2.75) is 43.8 Å². The number of amides is 1. The molecular weight excluding hydrogens is 581 g/mol. The Morgan fingerprint density at radius 1 is 1.29 bits per heavy atom. The number of ether oxygens (including phenoxy) is 1. The fourth-order valence-corrected chi connectivity index (χ4v) is 7.73. The van der Waals surface area contributed by atoms with E-state index < -0.39 is 39.2 Å². The fourth-order valence-electron chi connectivity index (χ4n) is 6.03. The number of aromatic nitrogens is 3. The molecule has 1 amide bonds. The van der Waals surface area contributed by atoms with E-state index in [0.29, 0.717) is 36.1 Å². The van der Waals surface area contributed by atoms with Crippen molar-refractivity contribution < 1.29 is 26.9 Å². The summed E-state index contributed by atoms with van der Waals surface area (Å²) in [5, 5.41) is 4.72. The van der Waals surface area contributed by atoms with E-state index in [1.807, 2.05) is 4.90 Å². The van der Waals surface area contributed by atoms with Crippen LogP contribution in [0.15, 0.2) is 36.5 Å². The van der Waals surface area contributed by atoms with Gasteiger partial charge in [-0.05, 0) is 37.0 Å². The Labute approximate surface area is 241 Å². The zero-order valence-electron chi connectivity index (χ0n) is 22.9. The largest absolute Gasteiger partial charge is 0.413 e. The van der Waals surface area contributed by atoms with Crippen molar-refractivity contribution in [3.8, 4) is 0 Å². The minimum absolute atomic E-state index is 0.0231. The van der Waals surface area contributed by atoms with Crippen molar-refractivity contribution in [1.29, 1.82) is 4.78 Å². The average molecular weight is 613 g/mol. The summed E-state index contributed by atoms with van der Waals surface area (Å²) in [6.45, 7) is 3.06. The van der Waals surface area contributed by atoms with Crippen molar-refractivity contribution in [3.63, 3.8) is 0 Å². The molecule has 1 aromatic carbocycles. The normalized spacial score (nSPS) is 25.6. The summed E-state index contributed by atoms with van der Waals surface area (Å²) in [7, 11) is 0.0321. The van der Waals surface area contributed by atoms with Crippen molar-refractivity contribution in [2.24, 2.45) is 5.92 Å². The number of methoxy groups -OCH3 is 1. The Balaban J connectivity index is 1.46. The molecule has 0 unspecified atom stereocenters. The number of hydrogen-bond donors (Lipinski definition) is 1. The topological polar surface area (TPSA) is 104 Å². The number of hydrogen-bond acceptors (Lipinski definition) is 7. The number of fused-ring (bicyclic) bond motifs is 3. The Morgan fingerprint density at radius 2 is 1.95 bits per heavy atom. The third-order valence-corrected chi connectivity index (χ3v) is 10.1. The second-order valence-electron chi connectivity index (χ2n) is 11.1. The molecule has 9 nitrogen and oxygen atoms in total. The summed E-state index contributed by atoms with van der Waals surface area (Å²) in [5.41, 5.74) is 2.37. The number of benzene rings is 1. The van der Waals surface area contributed by atoms with E-state index in [1.165, 1.54) is 12.1 Å². The smallest absolute Gasteiger partial charge is 0.384 e. The maximum absolute atomic E-state index is 14.3. The molecule has 4 heterocycles. The number of alkyl halides is 3. The summed E-state index contributed by atoms with van der Waals surface area (Å²) in [6, 6.07) is 5.55. The highest BCUT2D eigenvalue weighted by Crippen LogP contribution is 2.44. The third-order valence-electron chi connectivity index (χ3n) is 8.15. The van der Waals surface area contributed by atoms with Gasteiger partial charge in [-0.3, -0.25) is 9.57 Å². The zero-order valence-corrected chi connectivity index (χ0v) is 24.5. The van der Waals surface area contributed by atoms with Crippen LogP contribution in [0.4, 0.5) is 24.5 Å². The van der Waals surface area contributed by atoms with Crippen LogP contribution in [0.5, 0.6) is 0 Å². The SMILES string of the molecule is COC[C@@]1(C)CCN(c2ccc([C@H](N(C)C(=O)C3CCS(=N)(=O)CC3)C(F)(F)F)cc2)c2cnc3cc(Cl)nn3c21. The molecule has 2 aliphatic heterocycles. The lowest BCUT2D eigenvalue weighted by atomic mass is 9.80. The van der Waals surface area contributed by atoms with E-state index in [0.717, 1.165) is 23.3 Å². The van der Waals surface area contributed by atoms with Crippen molar-refractivity contribution in [1.82, 2.24) is 19.5 Å². The highest BCUT2D eigenvalue weighted by atomic mass is 35.5. The van der Waals surface area contributed by atoms with Crippen LogP contribution < -0.4 is 4.90 Å². The maximum Gasteiger partial charge on any atom is 0.413 e. The quantitative estimate of drug-likeness (QED) is 0.403. The summed E-state index contributed by atoms with van der Waals surface area (Å²) < 4.78 is 70.0. The van der Waals surface area contributed by atoms with Gasteiger partial charge in [-0.1, -0.05) is 30.7 Å². The minimum Gasteiger partial charge on any atom is -0.384 e. The first-order chi connectivity index (χ1) is 19.2. The van der Waals surface area contributed by atoms with Crippen LogP contribution in [-0.2, 0) is 24.7 Å². The van der Waals surface area contributed by atoms with Crippen LogP contribution in [0.1, 0.15) is 43.5 Å². The molecule has 0 radical (unpaired) electrons. The van der Waals surface area contributed by atoms with Crippen molar-refractivity contribution in [2.75, 3.05) is 43.7 Å². The molecule has 1 N–H and O–H groups in total. The molecule has 0 bridgehead atoms. The standard InChI is InChI=1S/C27H32ClF3N6O3S/c1-26(16-40-3)10-11-36(20-15-33-22-14-21(28)34-37(22)24(20)26)19-6-4-17(5-7-19)23(27(29,30)31)35(2)25(38)18-8-12-41(32,39)13-9-18/h4-7,14-15,18,23,32H,8-13,16H2,1-3H3/t18?,23-,26+,41?/m0/s1. The monoisotopic (exact) mass is 612 g/mol. The molecule has 2 aromatic heterocycles. The van der Waals surface area contributed by atoms with Gasteiger partial charge in [-0.25, -0.2) is 13.7 Å². The van der Waals surface area contributed by atoms with Crippen LogP contribution in [0.25, 0.3) is 5.65 Å². The van der Waals surface area contributed by atoms with Gasteiger partial charge in [-0.15, -0.1) is 0 Å². The molecule has 0 saturated carbocycles.